The van der Waals surface area contributed by atoms with Gasteiger partial charge in [-0.1, -0.05) is 61.2 Å². The summed E-state index contributed by atoms with van der Waals surface area (Å²) >= 11 is 5.25. The molecule has 1 fully saturated rings. The van der Waals surface area contributed by atoms with E-state index in [-0.39, 0.29) is 10.7 Å². The third-order valence-corrected chi connectivity index (χ3v) is 4.98. The zero-order valence-electron chi connectivity index (χ0n) is 16.0. The van der Waals surface area contributed by atoms with Crippen LogP contribution in [-0.2, 0) is 9.59 Å². The number of hydrogen-bond acceptors (Lipinski definition) is 4. The van der Waals surface area contributed by atoms with Gasteiger partial charge in [0.25, 0.3) is 11.8 Å². The molecule has 2 amide bonds. The molecule has 3 aromatic carbocycles. The van der Waals surface area contributed by atoms with Crippen LogP contribution in [0.25, 0.3) is 16.8 Å². The lowest BCUT2D eigenvalue weighted by atomic mass is 9.99. The molecule has 3 aromatic rings. The van der Waals surface area contributed by atoms with Crippen molar-refractivity contribution in [1.82, 2.24) is 5.32 Å². The van der Waals surface area contributed by atoms with Crippen LogP contribution in [-0.4, -0.2) is 23.5 Å². The fourth-order valence-corrected chi connectivity index (χ4v) is 3.59. The van der Waals surface area contributed by atoms with Crippen molar-refractivity contribution in [3.63, 3.8) is 0 Å². The number of benzene rings is 3. The molecule has 0 aromatic heterocycles. The van der Waals surface area contributed by atoms with E-state index in [0.717, 1.165) is 10.8 Å². The predicted octanol–water partition coefficient (Wildman–Crippen LogP) is 4.24. The highest BCUT2D eigenvalue weighted by atomic mass is 32.1. The first kappa shape index (κ1) is 19.5. The molecule has 5 nitrogen and oxygen atoms in total. The average molecular weight is 414 g/mol. The first-order valence-corrected chi connectivity index (χ1v) is 9.73. The first-order valence-electron chi connectivity index (χ1n) is 9.32. The summed E-state index contributed by atoms with van der Waals surface area (Å²) in [5, 5.41) is 4.50. The summed E-state index contributed by atoms with van der Waals surface area (Å²) in [6.07, 6.45) is 3.20. The Kier molecular flexibility index (Phi) is 5.41. The Morgan fingerprint density at radius 2 is 1.73 bits per heavy atom. The monoisotopic (exact) mass is 414 g/mol. The van der Waals surface area contributed by atoms with Crippen LogP contribution in [0.5, 0.6) is 5.75 Å². The fourth-order valence-electron chi connectivity index (χ4n) is 3.31. The number of carbonyl (C=O) groups excluding carboxylic acids is 2. The van der Waals surface area contributed by atoms with Gasteiger partial charge in [-0.15, -0.1) is 0 Å². The van der Waals surface area contributed by atoms with Gasteiger partial charge in [0.05, 0.1) is 5.69 Å². The Labute approximate surface area is 179 Å². The molecule has 1 saturated heterocycles. The lowest BCUT2D eigenvalue weighted by Crippen LogP contribution is -2.54. The van der Waals surface area contributed by atoms with E-state index >= 15 is 0 Å². The molecule has 1 heterocycles. The molecule has 1 aliphatic rings. The van der Waals surface area contributed by atoms with E-state index in [1.54, 1.807) is 36.4 Å². The molecule has 0 spiro atoms. The summed E-state index contributed by atoms with van der Waals surface area (Å²) in [5.41, 5.74) is 1.21. The lowest BCUT2D eigenvalue weighted by Gasteiger charge is -2.29. The molecule has 0 unspecified atom stereocenters. The van der Waals surface area contributed by atoms with Crippen molar-refractivity contribution < 1.29 is 14.3 Å². The second-order valence-electron chi connectivity index (χ2n) is 6.59. The van der Waals surface area contributed by atoms with Gasteiger partial charge in [-0.2, -0.15) is 0 Å². The molecule has 0 atom stereocenters. The number of amides is 2. The van der Waals surface area contributed by atoms with E-state index in [4.69, 9.17) is 17.0 Å². The van der Waals surface area contributed by atoms with Gasteiger partial charge in [0.1, 0.15) is 17.9 Å². The summed E-state index contributed by atoms with van der Waals surface area (Å²) in [6, 6.07) is 20.4. The minimum absolute atomic E-state index is 0.0211. The second-order valence-corrected chi connectivity index (χ2v) is 6.98. The zero-order valence-corrected chi connectivity index (χ0v) is 16.8. The molecule has 4 rings (SSSR count). The van der Waals surface area contributed by atoms with Crippen LogP contribution in [0.4, 0.5) is 5.69 Å². The summed E-state index contributed by atoms with van der Waals surface area (Å²) < 4.78 is 5.79. The molecule has 30 heavy (non-hydrogen) atoms. The van der Waals surface area contributed by atoms with Gasteiger partial charge in [0.2, 0.25) is 0 Å². The predicted molar refractivity (Wildman–Crippen MR) is 122 cm³/mol. The number of anilines is 1. The van der Waals surface area contributed by atoms with Crippen LogP contribution in [0.3, 0.4) is 0 Å². The summed E-state index contributed by atoms with van der Waals surface area (Å²) in [5.74, 6) is -0.474. The number of nitrogens with one attached hydrogen (secondary N) is 1. The third-order valence-electron chi connectivity index (χ3n) is 4.69. The number of ether oxygens (including phenoxy) is 1. The molecule has 1 N–H and O–H groups in total. The smallest absolute Gasteiger partial charge is 0.270 e. The molecule has 6 heteroatoms. The van der Waals surface area contributed by atoms with Gasteiger partial charge in [0.15, 0.2) is 5.11 Å². The quantitative estimate of drug-likeness (QED) is 0.294. The van der Waals surface area contributed by atoms with Crippen LogP contribution < -0.4 is 15.0 Å². The van der Waals surface area contributed by atoms with Crippen molar-refractivity contribution in [3.05, 3.63) is 90.5 Å². The maximum atomic E-state index is 13.3. The Bertz CT molecular complexity index is 1200. The highest BCUT2D eigenvalue weighted by Gasteiger charge is 2.34. The van der Waals surface area contributed by atoms with E-state index in [9.17, 15) is 9.59 Å². The van der Waals surface area contributed by atoms with E-state index in [1.807, 2.05) is 42.5 Å². The van der Waals surface area contributed by atoms with E-state index in [1.165, 1.54) is 4.90 Å². The number of carbonyl (C=O) groups is 2. The van der Waals surface area contributed by atoms with Gasteiger partial charge in [-0.25, -0.2) is 0 Å². The number of fused-ring (bicyclic) bond motifs is 1. The summed E-state index contributed by atoms with van der Waals surface area (Å²) in [6.45, 7) is 3.98. The van der Waals surface area contributed by atoms with Crippen LogP contribution in [0.2, 0.25) is 0 Å². The van der Waals surface area contributed by atoms with E-state index < -0.39 is 11.8 Å². The van der Waals surface area contributed by atoms with Crippen LogP contribution in [0, 0.1) is 0 Å². The maximum absolute atomic E-state index is 13.3. The third kappa shape index (κ3) is 3.60. The van der Waals surface area contributed by atoms with Crippen molar-refractivity contribution in [3.8, 4) is 5.75 Å². The topological polar surface area (TPSA) is 58.6 Å². The number of thiocarbonyl (C=S) groups is 1. The fraction of sp³-hybridized carbons (Fsp3) is 0.0417. The minimum atomic E-state index is -0.542. The highest BCUT2D eigenvalue weighted by Crippen LogP contribution is 2.31. The number of hydrogen-bond donors (Lipinski definition) is 1. The Hall–Kier alpha value is -3.77. The number of rotatable bonds is 5. The molecule has 148 valence electrons. The van der Waals surface area contributed by atoms with Gasteiger partial charge in [-0.3, -0.25) is 19.8 Å². The lowest BCUT2D eigenvalue weighted by molar-refractivity contribution is -0.122. The largest absolute Gasteiger partial charge is 0.489 e. The van der Waals surface area contributed by atoms with Crippen molar-refractivity contribution in [2.45, 2.75) is 0 Å². The first-order chi connectivity index (χ1) is 14.6. The van der Waals surface area contributed by atoms with Crippen molar-refractivity contribution in [1.29, 1.82) is 0 Å². The Morgan fingerprint density at radius 1 is 1.00 bits per heavy atom. The molecule has 0 saturated carbocycles. The zero-order chi connectivity index (χ0) is 21.1. The Balaban J connectivity index is 1.86. The summed E-state index contributed by atoms with van der Waals surface area (Å²) in [4.78, 5) is 27.3. The van der Waals surface area contributed by atoms with Crippen molar-refractivity contribution >= 4 is 51.7 Å². The van der Waals surface area contributed by atoms with Crippen molar-refractivity contribution in [2.75, 3.05) is 11.5 Å². The maximum Gasteiger partial charge on any atom is 0.270 e. The van der Waals surface area contributed by atoms with Crippen LogP contribution in [0.1, 0.15) is 5.56 Å². The average Bonchev–Trinajstić information content (AvgIpc) is 2.76. The molecular weight excluding hydrogens is 396 g/mol. The van der Waals surface area contributed by atoms with Gasteiger partial charge in [0, 0.05) is 5.56 Å². The summed E-state index contributed by atoms with van der Waals surface area (Å²) in [7, 11) is 0. The van der Waals surface area contributed by atoms with E-state index in [0.29, 0.717) is 23.6 Å². The SMILES string of the molecule is C=CCOc1ccc2ccccc2c1/C=C1/C(=O)NC(=S)N(c2ccccc2)C1=O. The number of nitrogens with zero attached hydrogens (tertiary/aromatic N) is 1. The highest BCUT2D eigenvalue weighted by molar-refractivity contribution is 7.80. The van der Waals surface area contributed by atoms with Gasteiger partial charge in [-0.05, 0) is 47.3 Å². The molecular formula is C24H18N2O3S. The molecule has 0 radical (unpaired) electrons. The Morgan fingerprint density at radius 3 is 2.50 bits per heavy atom. The van der Waals surface area contributed by atoms with E-state index in [2.05, 4.69) is 11.9 Å². The standard InChI is InChI=1S/C24H18N2O3S/c1-2-14-29-21-13-12-16-8-6-7-11-18(16)19(21)15-20-22(27)25-24(30)26(23(20)28)17-9-4-3-5-10-17/h2-13,15H,1,14H2,(H,25,27,30)/b20-15-. The number of para-hydroxylation sites is 1. The molecule has 0 bridgehead atoms. The van der Waals surface area contributed by atoms with Crippen LogP contribution in [0.15, 0.2) is 85.0 Å². The minimum Gasteiger partial charge on any atom is -0.489 e. The molecule has 0 aliphatic carbocycles. The van der Waals surface area contributed by atoms with Crippen molar-refractivity contribution in [2.24, 2.45) is 0 Å². The van der Waals surface area contributed by atoms with Crippen LogP contribution >= 0.6 is 12.2 Å². The normalized spacial score (nSPS) is 15.4. The second kappa shape index (κ2) is 8.31. The van der Waals surface area contributed by atoms with Gasteiger partial charge < -0.3 is 4.74 Å². The van der Waals surface area contributed by atoms with Gasteiger partial charge >= 0.3 is 0 Å². The molecule has 1 aliphatic heterocycles.